The van der Waals surface area contributed by atoms with Crippen LogP contribution in [0.4, 0.5) is 4.39 Å². The molecule has 26 heavy (non-hydrogen) atoms. The van der Waals surface area contributed by atoms with E-state index in [1.807, 2.05) is 19.1 Å². The molecule has 0 aliphatic carbocycles. The zero-order valence-electron chi connectivity index (χ0n) is 16.4. The largest absolute Gasteiger partial charge is 0.212 e. The summed E-state index contributed by atoms with van der Waals surface area (Å²) in [6, 6.07) is 17.4. The van der Waals surface area contributed by atoms with Crippen molar-refractivity contribution < 1.29 is 4.39 Å². The van der Waals surface area contributed by atoms with Crippen LogP contribution in [0.3, 0.4) is 0 Å². The van der Waals surface area contributed by atoms with E-state index < -0.39 is 0 Å². The molecule has 0 saturated carbocycles. The van der Waals surface area contributed by atoms with Crippen molar-refractivity contribution in [2.45, 2.75) is 71.6 Å². The fourth-order valence-electron chi connectivity index (χ4n) is 3.19. The first-order valence-corrected chi connectivity index (χ1v) is 10.2. The third-order valence-corrected chi connectivity index (χ3v) is 4.84. The van der Waals surface area contributed by atoms with Gasteiger partial charge in [-0.2, -0.15) is 0 Å². The van der Waals surface area contributed by atoms with E-state index in [4.69, 9.17) is 0 Å². The quantitative estimate of drug-likeness (QED) is 0.363. The Morgan fingerprint density at radius 2 is 1.23 bits per heavy atom. The fourth-order valence-corrected chi connectivity index (χ4v) is 3.19. The molecule has 0 aliphatic heterocycles. The summed E-state index contributed by atoms with van der Waals surface area (Å²) in [6.45, 7) is 4.25. The summed E-state index contributed by atoms with van der Waals surface area (Å²) in [6.07, 6.45) is 11.6. The summed E-state index contributed by atoms with van der Waals surface area (Å²) in [5.74, 6) is -0.0324. The second kappa shape index (κ2) is 11.7. The number of unbranched alkanes of at least 4 members (excludes halogenated alkanes) is 3. The van der Waals surface area contributed by atoms with Crippen LogP contribution in [0.25, 0.3) is 6.08 Å². The van der Waals surface area contributed by atoms with Gasteiger partial charge in [0.1, 0.15) is 5.83 Å². The van der Waals surface area contributed by atoms with Crippen LogP contribution in [0.2, 0.25) is 0 Å². The van der Waals surface area contributed by atoms with Gasteiger partial charge in [-0.1, -0.05) is 81.6 Å². The summed E-state index contributed by atoms with van der Waals surface area (Å²) in [5, 5.41) is 0. The van der Waals surface area contributed by atoms with Crippen molar-refractivity contribution in [2.75, 3.05) is 0 Å². The van der Waals surface area contributed by atoms with Gasteiger partial charge in [-0.15, -0.1) is 0 Å². The molecule has 2 aromatic rings. The summed E-state index contributed by atoms with van der Waals surface area (Å²) in [7, 11) is 0. The zero-order chi connectivity index (χ0) is 18.6. The molecule has 0 aromatic heterocycles. The van der Waals surface area contributed by atoms with Crippen LogP contribution in [-0.4, -0.2) is 0 Å². The van der Waals surface area contributed by atoms with Crippen LogP contribution in [0.1, 0.15) is 74.6 Å². The van der Waals surface area contributed by atoms with E-state index >= 15 is 0 Å². The molecule has 0 fully saturated rings. The predicted molar refractivity (Wildman–Crippen MR) is 112 cm³/mol. The molecular weight excluding hydrogens is 319 g/mol. The smallest absolute Gasteiger partial charge is 0.100 e. The molecule has 0 heterocycles. The van der Waals surface area contributed by atoms with E-state index in [0.29, 0.717) is 6.42 Å². The van der Waals surface area contributed by atoms with Crippen molar-refractivity contribution in [3.63, 3.8) is 0 Å². The van der Waals surface area contributed by atoms with Crippen molar-refractivity contribution in [1.82, 2.24) is 0 Å². The summed E-state index contributed by atoms with van der Waals surface area (Å²) >= 11 is 0. The molecule has 1 heteroatoms. The summed E-state index contributed by atoms with van der Waals surface area (Å²) in [5.41, 5.74) is 5.10. The van der Waals surface area contributed by atoms with Crippen molar-refractivity contribution in [1.29, 1.82) is 0 Å². The second-order valence-corrected chi connectivity index (χ2v) is 7.21. The van der Waals surface area contributed by atoms with Gasteiger partial charge in [0.15, 0.2) is 0 Å². The van der Waals surface area contributed by atoms with E-state index in [1.165, 1.54) is 48.8 Å². The van der Waals surface area contributed by atoms with Gasteiger partial charge >= 0.3 is 0 Å². The van der Waals surface area contributed by atoms with Gasteiger partial charge in [-0.3, -0.25) is 0 Å². The lowest BCUT2D eigenvalue weighted by molar-refractivity contribution is 0.591. The first-order valence-electron chi connectivity index (χ1n) is 10.2. The van der Waals surface area contributed by atoms with Crippen LogP contribution >= 0.6 is 0 Å². The molecule has 0 nitrogen and oxygen atoms in total. The number of aryl methyl sites for hydroxylation is 3. The minimum absolute atomic E-state index is 0.0324. The van der Waals surface area contributed by atoms with Gasteiger partial charge in [0.2, 0.25) is 0 Å². The first-order chi connectivity index (χ1) is 12.7. The highest BCUT2D eigenvalue weighted by atomic mass is 19.1. The maximum absolute atomic E-state index is 13.6. The number of hydrogen-bond acceptors (Lipinski definition) is 0. The van der Waals surface area contributed by atoms with Crippen LogP contribution < -0.4 is 0 Å². The minimum atomic E-state index is -0.0324. The third kappa shape index (κ3) is 7.56. The molecule has 0 atom stereocenters. The zero-order valence-corrected chi connectivity index (χ0v) is 16.4. The lowest BCUT2D eigenvalue weighted by Crippen LogP contribution is -1.93. The molecule has 140 valence electrons. The van der Waals surface area contributed by atoms with Crippen LogP contribution in [-0.2, 0) is 19.3 Å². The second-order valence-electron chi connectivity index (χ2n) is 7.21. The van der Waals surface area contributed by atoms with Crippen LogP contribution in [0, 0.1) is 0 Å². The maximum atomic E-state index is 13.6. The third-order valence-electron chi connectivity index (χ3n) is 4.84. The molecule has 0 bridgehead atoms. The van der Waals surface area contributed by atoms with Crippen molar-refractivity contribution in [3.8, 4) is 0 Å². The number of rotatable bonds is 11. The Kier molecular flexibility index (Phi) is 9.17. The number of hydrogen-bond donors (Lipinski definition) is 0. The van der Waals surface area contributed by atoms with Gasteiger partial charge in [0, 0.05) is 0 Å². The number of halogens is 1. The van der Waals surface area contributed by atoms with Crippen LogP contribution in [0.15, 0.2) is 54.4 Å². The van der Waals surface area contributed by atoms with Gasteiger partial charge in [-0.05, 0) is 66.9 Å². The van der Waals surface area contributed by atoms with Crippen molar-refractivity contribution in [3.05, 3.63) is 76.6 Å². The Morgan fingerprint density at radius 3 is 1.77 bits per heavy atom. The molecule has 0 amide bonds. The fraction of sp³-hybridized carbons (Fsp3) is 0.440. The van der Waals surface area contributed by atoms with E-state index in [2.05, 4.69) is 43.3 Å². The molecule has 0 N–H and O–H groups in total. The SMILES string of the molecule is CCCCCCc1ccc(CCc2ccc(C=C(F)CCC)cc2)cc1. The Hall–Kier alpha value is -1.89. The van der Waals surface area contributed by atoms with E-state index in [0.717, 1.165) is 24.8 Å². The highest BCUT2D eigenvalue weighted by Crippen LogP contribution is 2.15. The molecule has 0 saturated heterocycles. The molecule has 0 radical (unpaired) electrons. The molecule has 0 unspecified atom stereocenters. The Labute approximate surface area is 159 Å². The predicted octanol–water partition coefficient (Wildman–Crippen LogP) is 7.71. The van der Waals surface area contributed by atoms with Gasteiger partial charge in [0.05, 0.1) is 0 Å². The van der Waals surface area contributed by atoms with E-state index in [-0.39, 0.29) is 5.83 Å². The topological polar surface area (TPSA) is 0 Å². The number of allylic oxidation sites excluding steroid dienone is 1. The molecule has 2 aromatic carbocycles. The Balaban J connectivity index is 1.80. The highest BCUT2D eigenvalue weighted by molar-refractivity contribution is 5.51. The van der Waals surface area contributed by atoms with Crippen molar-refractivity contribution >= 4 is 6.08 Å². The molecular formula is C25H33F. The van der Waals surface area contributed by atoms with E-state index in [1.54, 1.807) is 6.08 Å². The van der Waals surface area contributed by atoms with Crippen molar-refractivity contribution in [2.24, 2.45) is 0 Å². The van der Waals surface area contributed by atoms with Gasteiger partial charge in [0.25, 0.3) is 0 Å². The lowest BCUT2D eigenvalue weighted by atomic mass is 10.0. The Bertz CT molecular complexity index is 650. The van der Waals surface area contributed by atoms with Crippen LogP contribution in [0.5, 0.6) is 0 Å². The lowest BCUT2D eigenvalue weighted by Gasteiger charge is -2.06. The minimum Gasteiger partial charge on any atom is -0.212 e. The van der Waals surface area contributed by atoms with Gasteiger partial charge in [-0.25, -0.2) is 4.39 Å². The standard InChI is InChI=1S/C25H33F/c1-3-5-6-7-9-21-10-12-22(13-11-21)14-15-23-16-18-24(19-17-23)20-25(26)8-4-2/h10-13,16-20H,3-9,14-15H2,1-2H3. The average molecular weight is 353 g/mol. The maximum Gasteiger partial charge on any atom is 0.100 e. The molecule has 0 aliphatic rings. The highest BCUT2D eigenvalue weighted by Gasteiger charge is 1.99. The first kappa shape index (κ1) is 20.4. The molecule has 0 spiro atoms. The summed E-state index contributed by atoms with van der Waals surface area (Å²) < 4.78 is 13.6. The summed E-state index contributed by atoms with van der Waals surface area (Å²) in [4.78, 5) is 0. The normalized spacial score (nSPS) is 11.7. The van der Waals surface area contributed by atoms with Gasteiger partial charge < -0.3 is 0 Å². The van der Waals surface area contributed by atoms with E-state index in [9.17, 15) is 4.39 Å². The molecule has 2 rings (SSSR count). The average Bonchev–Trinajstić information content (AvgIpc) is 2.66. The number of benzene rings is 2. The monoisotopic (exact) mass is 352 g/mol. The Morgan fingerprint density at radius 1 is 0.692 bits per heavy atom.